The van der Waals surface area contributed by atoms with Crippen LogP contribution >= 0.6 is 0 Å². The highest BCUT2D eigenvalue weighted by Gasteiger charge is 2.29. The van der Waals surface area contributed by atoms with Gasteiger partial charge in [0, 0.05) is 24.6 Å². The van der Waals surface area contributed by atoms with Crippen LogP contribution in [0.4, 0.5) is 5.82 Å². The van der Waals surface area contributed by atoms with Crippen LogP contribution in [0.25, 0.3) is 10.8 Å². The molecular weight excluding hydrogens is 268 g/mol. The molecule has 0 radical (unpaired) electrons. The summed E-state index contributed by atoms with van der Waals surface area (Å²) in [5.74, 6) is 1.64. The first-order valence-electron chi connectivity index (χ1n) is 7.08. The lowest BCUT2D eigenvalue weighted by molar-refractivity contribution is -0.117. The van der Waals surface area contributed by atoms with E-state index in [1.807, 2.05) is 24.3 Å². The van der Waals surface area contributed by atoms with Gasteiger partial charge in [0.25, 0.3) is 0 Å². The Morgan fingerprint density at radius 1 is 1.29 bits per heavy atom. The minimum atomic E-state index is 0.0707. The van der Waals surface area contributed by atoms with Crippen molar-refractivity contribution in [3.63, 3.8) is 0 Å². The summed E-state index contributed by atoms with van der Waals surface area (Å²) < 4.78 is 10.5. The van der Waals surface area contributed by atoms with Gasteiger partial charge >= 0.3 is 0 Å². The lowest BCUT2D eigenvalue weighted by Gasteiger charge is -2.08. The number of hydrogen-bond donors (Lipinski definition) is 1. The van der Waals surface area contributed by atoms with Gasteiger partial charge in [-0.1, -0.05) is 6.07 Å². The molecule has 0 spiro atoms. The number of amides is 1. The molecule has 5 nitrogen and oxygen atoms in total. The molecule has 3 rings (SSSR count). The number of nitrogens with one attached hydrogen (secondary N) is 1. The molecule has 1 saturated carbocycles. The van der Waals surface area contributed by atoms with Crippen LogP contribution in [0.3, 0.4) is 0 Å². The van der Waals surface area contributed by atoms with E-state index in [0.717, 1.165) is 29.4 Å². The Kier molecular flexibility index (Phi) is 4.01. The van der Waals surface area contributed by atoms with Crippen LogP contribution in [0.15, 0.2) is 30.5 Å². The Hall–Kier alpha value is -2.14. The average Bonchev–Trinajstić information content (AvgIpc) is 3.32. The molecule has 1 amide bonds. The second kappa shape index (κ2) is 6.10. The highest BCUT2D eigenvalue weighted by molar-refractivity contribution is 5.95. The van der Waals surface area contributed by atoms with Crippen molar-refractivity contribution >= 4 is 22.5 Å². The second-order valence-electron chi connectivity index (χ2n) is 5.18. The molecule has 1 aromatic heterocycles. The summed E-state index contributed by atoms with van der Waals surface area (Å²) >= 11 is 0. The van der Waals surface area contributed by atoms with E-state index in [9.17, 15) is 4.79 Å². The molecule has 0 saturated heterocycles. The summed E-state index contributed by atoms with van der Waals surface area (Å²) in [5.41, 5.74) is 0. The molecule has 1 aliphatic rings. The fourth-order valence-electron chi connectivity index (χ4n) is 2.09. The van der Waals surface area contributed by atoms with Crippen molar-refractivity contribution in [1.82, 2.24) is 4.98 Å². The molecule has 0 bridgehead atoms. The topological polar surface area (TPSA) is 60.5 Å². The van der Waals surface area contributed by atoms with Gasteiger partial charge in [0.1, 0.15) is 18.2 Å². The summed E-state index contributed by atoms with van der Waals surface area (Å²) in [6, 6.07) is 7.69. The molecule has 0 unspecified atom stereocenters. The number of ether oxygens (including phenoxy) is 2. The Labute approximate surface area is 123 Å². The van der Waals surface area contributed by atoms with Crippen LogP contribution < -0.4 is 10.1 Å². The molecule has 1 N–H and O–H groups in total. The summed E-state index contributed by atoms with van der Waals surface area (Å²) in [7, 11) is 1.64. The Morgan fingerprint density at radius 3 is 2.90 bits per heavy atom. The van der Waals surface area contributed by atoms with Crippen LogP contribution in [0.1, 0.15) is 12.8 Å². The lowest BCUT2D eigenvalue weighted by Crippen LogP contribution is -2.14. The van der Waals surface area contributed by atoms with Gasteiger partial charge in [-0.25, -0.2) is 4.98 Å². The van der Waals surface area contributed by atoms with Crippen LogP contribution in [0, 0.1) is 5.92 Å². The van der Waals surface area contributed by atoms with Gasteiger partial charge in [-0.3, -0.25) is 4.79 Å². The SMILES string of the molecule is COCCOc1ccc2cc(NC(=O)C3CC3)ncc2c1. The number of benzene rings is 1. The first-order valence-corrected chi connectivity index (χ1v) is 7.08. The van der Waals surface area contributed by atoms with Gasteiger partial charge in [-0.15, -0.1) is 0 Å². The fraction of sp³-hybridized carbons (Fsp3) is 0.375. The number of fused-ring (bicyclic) bond motifs is 1. The third kappa shape index (κ3) is 3.49. The van der Waals surface area contributed by atoms with Crippen molar-refractivity contribution < 1.29 is 14.3 Å². The third-order valence-corrected chi connectivity index (χ3v) is 3.45. The predicted octanol–water partition coefficient (Wildman–Crippen LogP) is 2.61. The lowest BCUT2D eigenvalue weighted by atomic mass is 10.1. The summed E-state index contributed by atoms with van der Waals surface area (Å²) in [4.78, 5) is 16.0. The van der Waals surface area contributed by atoms with Crippen molar-refractivity contribution in [3.05, 3.63) is 30.5 Å². The Balaban J connectivity index is 1.72. The number of nitrogens with zero attached hydrogens (tertiary/aromatic N) is 1. The zero-order chi connectivity index (χ0) is 14.7. The van der Waals surface area contributed by atoms with Gasteiger partial charge in [0.05, 0.1) is 6.61 Å². The van der Waals surface area contributed by atoms with E-state index < -0.39 is 0 Å². The zero-order valence-electron chi connectivity index (χ0n) is 12.0. The van der Waals surface area contributed by atoms with Crippen molar-refractivity contribution in [2.75, 3.05) is 25.6 Å². The van der Waals surface area contributed by atoms with Crippen molar-refractivity contribution in [3.8, 4) is 5.75 Å². The van der Waals surface area contributed by atoms with E-state index in [2.05, 4.69) is 10.3 Å². The van der Waals surface area contributed by atoms with Gasteiger partial charge < -0.3 is 14.8 Å². The second-order valence-corrected chi connectivity index (χ2v) is 5.18. The van der Waals surface area contributed by atoms with Crippen LogP contribution in [0.2, 0.25) is 0 Å². The van der Waals surface area contributed by atoms with Gasteiger partial charge in [0.2, 0.25) is 5.91 Å². The van der Waals surface area contributed by atoms with Crippen LogP contribution in [-0.4, -0.2) is 31.2 Å². The number of pyridine rings is 1. The standard InChI is InChI=1S/C16H18N2O3/c1-20-6-7-21-14-5-4-12-9-15(17-10-13(12)8-14)18-16(19)11-2-3-11/h4-5,8-11H,2-3,6-7H2,1H3,(H,17,18,19). The van der Waals surface area contributed by atoms with Crippen molar-refractivity contribution in [2.45, 2.75) is 12.8 Å². The summed E-state index contributed by atoms with van der Waals surface area (Å²) in [5, 5.41) is 4.86. The molecule has 0 aliphatic heterocycles. The number of anilines is 1. The minimum absolute atomic E-state index is 0.0707. The maximum atomic E-state index is 11.7. The van der Waals surface area contributed by atoms with Gasteiger partial charge in [-0.2, -0.15) is 0 Å². The largest absolute Gasteiger partial charge is 0.491 e. The van der Waals surface area contributed by atoms with E-state index in [-0.39, 0.29) is 11.8 Å². The van der Waals surface area contributed by atoms with Crippen molar-refractivity contribution in [1.29, 1.82) is 0 Å². The molecule has 1 aromatic carbocycles. The summed E-state index contributed by atoms with van der Waals surface area (Å²) in [6.45, 7) is 1.08. The molecular formula is C16H18N2O3. The zero-order valence-corrected chi connectivity index (χ0v) is 12.0. The fourth-order valence-corrected chi connectivity index (χ4v) is 2.09. The monoisotopic (exact) mass is 286 g/mol. The van der Waals surface area contributed by atoms with Crippen LogP contribution in [0.5, 0.6) is 5.75 Å². The number of hydrogen-bond acceptors (Lipinski definition) is 4. The van der Waals surface area contributed by atoms with Crippen molar-refractivity contribution in [2.24, 2.45) is 5.92 Å². The van der Waals surface area contributed by atoms with Gasteiger partial charge in [-0.05, 0) is 36.4 Å². The number of carbonyl (C=O) groups excluding carboxylic acids is 1. The highest BCUT2D eigenvalue weighted by Crippen LogP contribution is 2.30. The molecule has 110 valence electrons. The maximum Gasteiger partial charge on any atom is 0.228 e. The van der Waals surface area contributed by atoms with Gasteiger partial charge in [0.15, 0.2) is 0 Å². The molecule has 1 fully saturated rings. The Morgan fingerprint density at radius 2 is 2.14 bits per heavy atom. The highest BCUT2D eigenvalue weighted by atomic mass is 16.5. The smallest absolute Gasteiger partial charge is 0.228 e. The maximum absolute atomic E-state index is 11.7. The first kappa shape index (κ1) is 13.8. The normalized spacial score (nSPS) is 14.1. The number of aromatic nitrogens is 1. The van der Waals surface area contributed by atoms with Crippen LogP contribution in [-0.2, 0) is 9.53 Å². The van der Waals surface area contributed by atoms with E-state index in [0.29, 0.717) is 19.0 Å². The molecule has 2 aromatic rings. The molecule has 1 aliphatic carbocycles. The van der Waals surface area contributed by atoms with E-state index in [4.69, 9.17) is 9.47 Å². The molecule has 21 heavy (non-hydrogen) atoms. The molecule has 0 atom stereocenters. The van der Waals surface area contributed by atoms with E-state index >= 15 is 0 Å². The van der Waals surface area contributed by atoms with E-state index in [1.165, 1.54) is 0 Å². The Bertz CT molecular complexity index is 653. The quantitative estimate of drug-likeness (QED) is 0.829. The number of carbonyl (C=O) groups is 1. The minimum Gasteiger partial charge on any atom is -0.491 e. The average molecular weight is 286 g/mol. The van der Waals surface area contributed by atoms with E-state index in [1.54, 1.807) is 13.3 Å². The first-order chi connectivity index (χ1) is 10.3. The molecule has 5 heteroatoms. The number of rotatable bonds is 6. The molecule has 1 heterocycles. The number of methoxy groups -OCH3 is 1. The summed E-state index contributed by atoms with van der Waals surface area (Å²) in [6.07, 6.45) is 3.73. The predicted molar refractivity (Wildman–Crippen MR) is 80.5 cm³/mol. The third-order valence-electron chi connectivity index (χ3n) is 3.45.